The van der Waals surface area contributed by atoms with Crippen molar-refractivity contribution in [2.24, 2.45) is 5.92 Å². The summed E-state index contributed by atoms with van der Waals surface area (Å²) >= 11 is 0. The van der Waals surface area contributed by atoms with E-state index in [9.17, 15) is 13.2 Å². The molecule has 0 fully saturated rings. The quantitative estimate of drug-likeness (QED) is 0.206. The first kappa shape index (κ1) is 29.7. The van der Waals surface area contributed by atoms with Gasteiger partial charge in [-0.25, -0.2) is 8.42 Å². The maximum absolute atomic E-state index is 14.1. The van der Waals surface area contributed by atoms with Gasteiger partial charge in [0.2, 0.25) is 0 Å². The molecule has 0 radical (unpaired) electrons. The molecule has 0 bridgehead atoms. The number of nitrogens with zero attached hydrogens (tertiary/aromatic N) is 1. The molecular weight excluding hydrogens is 536 g/mol. The second-order valence-electron chi connectivity index (χ2n) is 10.1. The van der Waals surface area contributed by atoms with Gasteiger partial charge in [0.15, 0.2) is 0 Å². The van der Waals surface area contributed by atoms with E-state index >= 15 is 0 Å². The van der Waals surface area contributed by atoms with Crippen LogP contribution in [0.15, 0.2) is 108 Å². The Hall–Kier alpha value is -4.30. The first-order chi connectivity index (χ1) is 19.7. The van der Waals surface area contributed by atoms with Crippen LogP contribution in [0.5, 0.6) is 11.5 Å². The molecule has 4 aromatic carbocycles. The van der Waals surface area contributed by atoms with Gasteiger partial charge in [0, 0.05) is 0 Å². The third-order valence-electron chi connectivity index (χ3n) is 6.76. The van der Waals surface area contributed by atoms with E-state index in [0.29, 0.717) is 23.8 Å². The highest BCUT2D eigenvalue weighted by atomic mass is 32.2. The molecule has 1 N–H and O–H groups in total. The maximum Gasteiger partial charge on any atom is 0.264 e. The van der Waals surface area contributed by atoms with Gasteiger partial charge in [-0.05, 0) is 72.0 Å². The van der Waals surface area contributed by atoms with Crippen LogP contribution in [0.1, 0.15) is 47.8 Å². The number of rotatable bonds is 12. The smallest absolute Gasteiger partial charge is 0.264 e. The van der Waals surface area contributed by atoms with E-state index in [1.807, 2.05) is 54.6 Å². The van der Waals surface area contributed by atoms with E-state index in [1.54, 1.807) is 43.5 Å². The van der Waals surface area contributed by atoms with Crippen LogP contribution in [0, 0.1) is 5.92 Å². The van der Waals surface area contributed by atoms with Gasteiger partial charge in [-0.2, -0.15) is 0 Å². The third kappa shape index (κ3) is 7.27. The van der Waals surface area contributed by atoms with Crippen molar-refractivity contribution >= 4 is 21.6 Å². The molecule has 0 aliphatic carbocycles. The summed E-state index contributed by atoms with van der Waals surface area (Å²) in [5, 5.41) is 3.17. The van der Waals surface area contributed by atoms with Gasteiger partial charge in [-0.3, -0.25) is 9.10 Å². The topological polar surface area (TPSA) is 84.9 Å². The Morgan fingerprint density at radius 2 is 1.34 bits per heavy atom. The summed E-state index contributed by atoms with van der Waals surface area (Å²) in [6, 6.07) is 29.7. The molecule has 214 valence electrons. The molecule has 1 atom stereocenters. The van der Waals surface area contributed by atoms with Crippen molar-refractivity contribution in [2.75, 3.05) is 18.5 Å². The summed E-state index contributed by atoms with van der Waals surface area (Å²) in [5.74, 6) is 1.23. The lowest BCUT2D eigenvalue weighted by Crippen LogP contribution is -2.35. The van der Waals surface area contributed by atoms with Crippen molar-refractivity contribution in [3.05, 3.63) is 120 Å². The number of anilines is 1. The standard InChI is InChI=1S/C33H36N2O5S/c1-24(2)22-31(26-14-16-27(39-3)17-15-26)34-33(36)30-12-8-9-13-32(30)35(23-25-10-6-5-7-11-25)41(37,38)29-20-18-28(40-4)19-21-29/h5-21,24,31H,22-23H2,1-4H3,(H,34,36)/t31-/m0/s1. The van der Waals surface area contributed by atoms with Crippen LogP contribution in [0.3, 0.4) is 0 Å². The Bertz CT molecular complexity index is 1540. The summed E-state index contributed by atoms with van der Waals surface area (Å²) in [4.78, 5) is 14.0. The minimum absolute atomic E-state index is 0.0490. The summed E-state index contributed by atoms with van der Waals surface area (Å²) in [5.41, 5.74) is 2.29. The molecule has 0 saturated heterocycles. The van der Waals surface area contributed by atoms with Crippen LogP contribution < -0.4 is 19.1 Å². The van der Waals surface area contributed by atoms with Crippen LogP contribution >= 0.6 is 0 Å². The van der Waals surface area contributed by atoms with Crippen LogP contribution in [-0.2, 0) is 16.6 Å². The fourth-order valence-electron chi connectivity index (χ4n) is 4.63. The number of sulfonamides is 1. The zero-order valence-electron chi connectivity index (χ0n) is 23.8. The molecule has 1 amide bonds. The van der Waals surface area contributed by atoms with Gasteiger partial charge in [-0.15, -0.1) is 0 Å². The summed E-state index contributed by atoms with van der Waals surface area (Å²) < 4.78 is 40.0. The zero-order valence-corrected chi connectivity index (χ0v) is 24.6. The van der Waals surface area contributed by atoms with Crippen molar-refractivity contribution in [1.29, 1.82) is 0 Å². The lowest BCUT2D eigenvalue weighted by Gasteiger charge is -2.28. The van der Waals surface area contributed by atoms with Gasteiger partial charge in [0.25, 0.3) is 15.9 Å². The minimum atomic E-state index is -4.06. The van der Waals surface area contributed by atoms with E-state index in [4.69, 9.17) is 9.47 Å². The van der Waals surface area contributed by atoms with Crippen LogP contribution in [0.4, 0.5) is 5.69 Å². The highest BCUT2D eigenvalue weighted by Crippen LogP contribution is 2.31. The fraction of sp³-hybridized carbons (Fsp3) is 0.242. The molecule has 0 aliphatic heterocycles. The van der Waals surface area contributed by atoms with Gasteiger partial charge < -0.3 is 14.8 Å². The number of benzene rings is 4. The summed E-state index contributed by atoms with van der Waals surface area (Å²) in [6.07, 6.45) is 0.706. The van der Waals surface area contributed by atoms with Crippen molar-refractivity contribution in [1.82, 2.24) is 5.32 Å². The van der Waals surface area contributed by atoms with Gasteiger partial charge in [0.1, 0.15) is 11.5 Å². The molecule has 0 saturated carbocycles. The SMILES string of the molecule is COc1ccc([C@H](CC(C)C)NC(=O)c2ccccc2N(Cc2ccccc2)S(=O)(=O)c2ccc(OC)cc2)cc1. The zero-order chi connectivity index (χ0) is 29.4. The highest BCUT2D eigenvalue weighted by Gasteiger charge is 2.29. The average Bonchev–Trinajstić information content (AvgIpc) is 3.00. The largest absolute Gasteiger partial charge is 0.497 e. The number of para-hydroxylation sites is 1. The average molecular weight is 573 g/mol. The molecule has 0 heterocycles. The normalized spacial score (nSPS) is 12.0. The number of amides is 1. The number of hydrogen-bond donors (Lipinski definition) is 1. The fourth-order valence-corrected chi connectivity index (χ4v) is 6.10. The van der Waals surface area contributed by atoms with Crippen LogP contribution in [0.25, 0.3) is 0 Å². The van der Waals surface area contributed by atoms with E-state index < -0.39 is 10.0 Å². The summed E-state index contributed by atoms with van der Waals surface area (Å²) in [7, 11) is -0.919. The van der Waals surface area contributed by atoms with Crippen molar-refractivity contribution < 1.29 is 22.7 Å². The predicted molar refractivity (Wildman–Crippen MR) is 162 cm³/mol. The highest BCUT2D eigenvalue weighted by molar-refractivity contribution is 7.92. The molecule has 0 spiro atoms. The first-order valence-corrected chi connectivity index (χ1v) is 14.9. The Balaban J connectivity index is 1.75. The third-order valence-corrected chi connectivity index (χ3v) is 8.54. The van der Waals surface area contributed by atoms with Crippen LogP contribution in [0.2, 0.25) is 0 Å². The lowest BCUT2D eigenvalue weighted by atomic mass is 9.96. The van der Waals surface area contributed by atoms with Crippen LogP contribution in [-0.4, -0.2) is 28.5 Å². The summed E-state index contributed by atoms with van der Waals surface area (Å²) in [6.45, 7) is 4.24. The van der Waals surface area contributed by atoms with E-state index in [0.717, 1.165) is 16.9 Å². The van der Waals surface area contributed by atoms with Gasteiger partial charge in [-0.1, -0.05) is 68.4 Å². The Labute approximate surface area is 242 Å². The maximum atomic E-state index is 14.1. The molecule has 8 heteroatoms. The number of carbonyl (C=O) groups excluding carboxylic acids is 1. The molecule has 4 rings (SSSR count). The first-order valence-electron chi connectivity index (χ1n) is 13.5. The van der Waals surface area contributed by atoms with E-state index in [2.05, 4.69) is 19.2 Å². The molecule has 7 nitrogen and oxygen atoms in total. The Kier molecular flexibility index (Phi) is 9.68. The van der Waals surface area contributed by atoms with Gasteiger partial charge >= 0.3 is 0 Å². The lowest BCUT2D eigenvalue weighted by molar-refractivity contribution is 0.0932. The predicted octanol–water partition coefficient (Wildman–Crippen LogP) is 6.62. The second-order valence-corrected chi connectivity index (χ2v) is 12.0. The molecule has 41 heavy (non-hydrogen) atoms. The molecule has 0 aromatic heterocycles. The number of carbonyl (C=O) groups is 1. The monoisotopic (exact) mass is 572 g/mol. The molecular formula is C33H36N2O5S. The van der Waals surface area contributed by atoms with Gasteiger partial charge in [0.05, 0.1) is 43.0 Å². The number of nitrogens with one attached hydrogen (secondary N) is 1. The second kappa shape index (κ2) is 13.4. The Morgan fingerprint density at radius 1 is 0.780 bits per heavy atom. The van der Waals surface area contributed by atoms with E-state index in [1.165, 1.54) is 23.5 Å². The van der Waals surface area contributed by atoms with Crippen molar-refractivity contribution in [3.63, 3.8) is 0 Å². The van der Waals surface area contributed by atoms with E-state index in [-0.39, 0.29) is 29.0 Å². The molecule has 0 unspecified atom stereocenters. The number of methoxy groups -OCH3 is 2. The Morgan fingerprint density at radius 3 is 1.93 bits per heavy atom. The minimum Gasteiger partial charge on any atom is -0.497 e. The van der Waals surface area contributed by atoms with Crippen molar-refractivity contribution in [2.45, 2.75) is 37.8 Å². The molecule has 0 aliphatic rings. The number of hydrogen-bond acceptors (Lipinski definition) is 5. The van der Waals surface area contributed by atoms with Crippen molar-refractivity contribution in [3.8, 4) is 11.5 Å². The molecule has 4 aromatic rings. The number of ether oxygens (including phenoxy) is 2.